The van der Waals surface area contributed by atoms with Crippen molar-refractivity contribution in [2.24, 2.45) is 0 Å². The monoisotopic (exact) mass is 454 g/mol. The molecule has 0 bridgehead atoms. The number of anilines is 3. The van der Waals surface area contributed by atoms with Gasteiger partial charge in [0.1, 0.15) is 10.8 Å². The highest BCUT2D eigenvalue weighted by Crippen LogP contribution is 2.29. The number of aromatic nitrogens is 2. The summed E-state index contributed by atoms with van der Waals surface area (Å²) in [6.07, 6.45) is 2.56. The molecule has 0 aliphatic carbocycles. The molecule has 1 aromatic carbocycles. The van der Waals surface area contributed by atoms with Gasteiger partial charge in [0.2, 0.25) is 11.9 Å². The normalized spacial score (nSPS) is 15.4. The Balaban J connectivity index is 0.00000320. The average molecular weight is 455 g/mol. The Morgan fingerprint density at radius 1 is 1.37 bits per heavy atom. The van der Waals surface area contributed by atoms with Crippen molar-refractivity contribution in [2.45, 2.75) is 39.2 Å². The molecule has 11 heteroatoms. The molecule has 3 rings (SSSR count). The maximum atomic E-state index is 11.3. The minimum Gasteiger partial charge on any atom is -0.354 e. The van der Waals surface area contributed by atoms with Crippen LogP contribution in [0.1, 0.15) is 32.4 Å². The number of hydrogen-bond donors (Lipinski definition) is 2. The van der Waals surface area contributed by atoms with Crippen molar-refractivity contribution in [2.75, 3.05) is 23.3 Å². The molecule has 1 aliphatic rings. The van der Waals surface area contributed by atoms with Crippen molar-refractivity contribution in [3.63, 3.8) is 0 Å². The van der Waals surface area contributed by atoms with E-state index in [2.05, 4.69) is 32.4 Å². The fourth-order valence-corrected chi connectivity index (χ4v) is 3.50. The van der Waals surface area contributed by atoms with E-state index in [1.807, 2.05) is 6.07 Å². The summed E-state index contributed by atoms with van der Waals surface area (Å²) in [5, 5.41) is 17.2. The number of nitro benzene ring substituents is 1. The number of carbonyl (C=O) groups is 1. The molecule has 0 spiro atoms. The maximum absolute atomic E-state index is 11.3. The molecule has 2 N–H and O–H groups in total. The zero-order chi connectivity index (χ0) is 21.0. The van der Waals surface area contributed by atoms with Gasteiger partial charge in [-0.1, -0.05) is 24.9 Å². The summed E-state index contributed by atoms with van der Waals surface area (Å²) in [5.41, 5.74) is 1.18. The van der Waals surface area contributed by atoms with E-state index in [0.717, 1.165) is 37.3 Å². The van der Waals surface area contributed by atoms with Crippen molar-refractivity contribution in [1.82, 2.24) is 15.3 Å². The zero-order valence-corrected chi connectivity index (χ0v) is 18.3. The molecular formula is C19H24Cl2N6O3. The molecule has 0 radical (unpaired) electrons. The number of nitro groups is 1. The van der Waals surface area contributed by atoms with Gasteiger partial charge in [0, 0.05) is 49.6 Å². The summed E-state index contributed by atoms with van der Waals surface area (Å²) in [7, 11) is 0. The number of nitrogens with zero attached hydrogens (tertiary/aromatic N) is 4. The number of hydrogen-bond acceptors (Lipinski definition) is 7. The van der Waals surface area contributed by atoms with Crippen LogP contribution in [-0.4, -0.2) is 39.9 Å². The second-order valence-corrected chi connectivity index (χ2v) is 7.38. The summed E-state index contributed by atoms with van der Waals surface area (Å²) in [4.78, 5) is 33.1. The van der Waals surface area contributed by atoms with E-state index < -0.39 is 4.92 Å². The molecule has 162 valence electrons. The minimum absolute atomic E-state index is 0. The van der Waals surface area contributed by atoms with E-state index in [-0.39, 0.29) is 35.1 Å². The van der Waals surface area contributed by atoms with Crippen LogP contribution in [0.2, 0.25) is 5.02 Å². The lowest BCUT2D eigenvalue weighted by Gasteiger charge is -2.19. The van der Waals surface area contributed by atoms with E-state index in [4.69, 9.17) is 11.6 Å². The fourth-order valence-electron chi connectivity index (χ4n) is 3.32. The first-order valence-electron chi connectivity index (χ1n) is 9.46. The minimum atomic E-state index is -0.528. The van der Waals surface area contributed by atoms with E-state index in [0.29, 0.717) is 18.2 Å². The second kappa shape index (κ2) is 10.4. The summed E-state index contributed by atoms with van der Waals surface area (Å²) in [6.45, 7) is 5.04. The molecule has 0 saturated carbocycles. The van der Waals surface area contributed by atoms with Crippen molar-refractivity contribution >= 4 is 53.1 Å². The van der Waals surface area contributed by atoms with Gasteiger partial charge in [-0.25, -0.2) is 4.98 Å². The highest BCUT2D eigenvalue weighted by Gasteiger charge is 2.25. The summed E-state index contributed by atoms with van der Waals surface area (Å²) < 4.78 is 0. The molecule has 1 aromatic heterocycles. The third-order valence-corrected chi connectivity index (χ3v) is 4.91. The summed E-state index contributed by atoms with van der Waals surface area (Å²) in [5.74, 6) is 1.09. The average Bonchev–Trinajstić information content (AvgIpc) is 3.11. The van der Waals surface area contributed by atoms with Crippen molar-refractivity contribution < 1.29 is 9.72 Å². The lowest BCUT2D eigenvalue weighted by Crippen LogP contribution is -2.35. The highest BCUT2D eigenvalue weighted by molar-refractivity contribution is 6.32. The van der Waals surface area contributed by atoms with Gasteiger partial charge in [-0.2, -0.15) is 4.98 Å². The number of benzene rings is 1. The summed E-state index contributed by atoms with van der Waals surface area (Å²) in [6, 6.07) is 6.52. The van der Waals surface area contributed by atoms with Gasteiger partial charge in [-0.15, -0.1) is 12.4 Å². The van der Waals surface area contributed by atoms with Crippen LogP contribution < -0.4 is 15.5 Å². The Morgan fingerprint density at radius 2 is 2.13 bits per heavy atom. The molecule has 2 aromatic rings. The lowest BCUT2D eigenvalue weighted by molar-refractivity contribution is -0.384. The van der Waals surface area contributed by atoms with Crippen LogP contribution in [0.3, 0.4) is 0 Å². The predicted octanol–water partition coefficient (Wildman–Crippen LogP) is 3.87. The Morgan fingerprint density at radius 3 is 2.80 bits per heavy atom. The smallest absolute Gasteiger partial charge is 0.289 e. The van der Waals surface area contributed by atoms with Gasteiger partial charge in [0.05, 0.1) is 4.92 Å². The molecule has 0 unspecified atom stereocenters. The van der Waals surface area contributed by atoms with Gasteiger partial charge in [0.25, 0.3) is 5.69 Å². The van der Waals surface area contributed by atoms with E-state index >= 15 is 0 Å². The Hall–Kier alpha value is -2.65. The van der Waals surface area contributed by atoms with E-state index in [1.54, 1.807) is 6.07 Å². The molecule has 30 heavy (non-hydrogen) atoms. The predicted molar refractivity (Wildman–Crippen MR) is 119 cm³/mol. The number of carbonyl (C=O) groups excluding carboxylic acids is 1. The van der Waals surface area contributed by atoms with Gasteiger partial charge in [-0.3, -0.25) is 14.9 Å². The molecule has 1 saturated heterocycles. The fraction of sp³-hybridized carbons (Fsp3) is 0.421. The second-order valence-electron chi connectivity index (χ2n) is 6.97. The molecule has 1 amide bonds. The van der Waals surface area contributed by atoms with Crippen molar-refractivity contribution in [1.29, 1.82) is 0 Å². The maximum Gasteiger partial charge on any atom is 0.289 e. The zero-order valence-electron chi connectivity index (χ0n) is 16.7. The Labute approximate surface area is 185 Å². The number of aryl methyl sites for hydroxylation is 1. The number of halogens is 2. The van der Waals surface area contributed by atoms with Crippen LogP contribution in [0.15, 0.2) is 24.3 Å². The number of nitrogens with one attached hydrogen (secondary N) is 2. The van der Waals surface area contributed by atoms with Crippen LogP contribution >= 0.6 is 24.0 Å². The van der Waals surface area contributed by atoms with E-state index in [9.17, 15) is 14.9 Å². The quantitative estimate of drug-likeness (QED) is 0.481. The lowest BCUT2D eigenvalue weighted by atomic mass is 10.2. The molecule has 1 aliphatic heterocycles. The first-order chi connectivity index (χ1) is 13.9. The first kappa shape index (κ1) is 23.6. The van der Waals surface area contributed by atoms with E-state index in [1.165, 1.54) is 19.1 Å². The van der Waals surface area contributed by atoms with Crippen molar-refractivity contribution in [3.8, 4) is 0 Å². The SMILES string of the molecule is CCCc1cc(N2CC[C@H](NC(C)=O)C2)nc(Nc2ccc(Cl)c([N+](=O)[O-])c2)n1.Cl. The van der Waals surface area contributed by atoms with Gasteiger partial charge >= 0.3 is 0 Å². The van der Waals surface area contributed by atoms with Gasteiger partial charge in [0.15, 0.2) is 0 Å². The number of rotatable bonds is 7. The van der Waals surface area contributed by atoms with Crippen LogP contribution in [0.4, 0.5) is 23.1 Å². The Kier molecular flexibility index (Phi) is 8.19. The highest BCUT2D eigenvalue weighted by atomic mass is 35.5. The topological polar surface area (TPSA) is 113 Å². The molecule has 9 nitrogen and oxygen atoms in total. The van der Waals surface area contributed by atoms with Gasteiger partial charge < -0.3 is 15.5 Å². The molecule has 1 atom stereocenters. The summed E-state index contributed by atoms with van der Waals surface area (Å²) >= 11 is 5.88. The third-order valence-electron chi connectivity index (χ3n) is 4.59. The molecule has 1 fully saturated rings. The van der Waals surface area contributed by atoms with Crippen molar-refractivity contribution in [3.05, 3.63) is 45.1 Å². The largest absolute Gasteiger partial charge is 0.354 e. The van der Waals surface area contributed by atoms with Crippen LogP contribution in [0, 0.1) is 10.1 Å². The van der Waals surface area contributed by atoms with Gasteiger partial charge in [-0.05, 0) is 25.0 Å². The third kappa shape index (κ3) is 5.93. The molecular weight excluding hydrogens is 431 g/mol. The van der Waals surface area contributed by atoms with Crippen LogP contribution in [0.25, 0.3) is 0 Å². The van der Waals surface area contributed by atoms with Crippen LogP contribution in [0.5, 0.6) is 0 Å². The number of amides is 1. The van der Waals surface area contributed by atoms with Crippen LogP contribution in [-0.2, 0) is 11.2 Å². The first-order valence-corrected chi connectivity index (χ1v) is 9.84. The Bertz CT molecular complexity index is 927. The molecule has 2 heterocycles. The standard InChI is InChI=1S/C19H23ClN6O3.ClH/c1-3-4-13-10-18(25-8-7-15(11-25)21-12(2)27)24-19(22-13)23-14-5-6-16(20)17(9-14)26(28)29;/h5-6,9-10,15H,3-4,7-8,11H2,1-2H3,(H,21,27)(H,22,23,24);1H/t15-;/m0./s1.